The van der Waals surface area contributed by atoms with Crippen molar-refractivity contribution in [1.29, 1.82) is 0 Å². The molecular formula is C21H23FN8O9P2S2. The molecule has 0 amide bonds. The Morgan fingerprint density at radius 2 is 1.79 bits per heavy atom. The number of ether oxygens (including phenoxy) is 1. The number of nitrogens with two attached hydrogens (primary N) is 1. The number of rotatable bonds is 2. The summed E-state index contributed by atoms with van der Waals surface area (Å²) >= 11 is 10.5. The molecule has 0 aromatic carbocycles. The molecule has 4 aliphatic rings. The number of alkyl halides is 1. The number of nitrogens with zero attached hydrogens (tertiary/aromatic N) is 7. The van der Waals surface area contributed by atoms with Crippen molar-refractivity contribution in [2.45, 2.75) is 61.8 Å². The average Bonchev–Trinajstić information content (AvgIpc) is 3.70. The third-order valence-electron chi connectivity index (χ3n) is 7.56. The minimum absolute atomic E-state index is 0.0651. The van der Waals surface area contributed by atoms with Crippen molar-refractivity contribution < 1.29 is 46.9 Å². The molecule has 3 aromatic rings. The minimum Gasteiger partial charge on any atom is -0.388 e. The summed E-state index contributed by atoms with van der Waals surface area (Å²) in [6, 6.07) is -0.842. The number of imidazole rings is 2. The smallest absolute Gasteiger partial charge is 0.325 e. The Hall–Kier alpha value is -2.19. The Labute approximate surface area is 251 Å². The number of aromatic nitrogens is 6. The van der Waals surface area contributed by atoms with Gasteiger partial charge in [-0.05, 0) is 23.6 Å². The molecule has 10 atom stereocenters. The van der Waals surface area contributed by atoms with Crippen LogP contribution in [0.25, 0.3) is 11.2 Å². The van der Waals surface area contributed by atoms with Gasteiger partial charge in [-0.2, -0.15) is 0 Å². The van der Waals surface area contributed by atoms with Crippen LogP contribution in [0, 0.1) is 0 Å². The van der Waals surface area contributed by atoms with E-state index in [2.05, 4.69) is 24.9 Å². The molecule has 6 heterocycles. The lowest BCUT2D eigenvalue weighted by Gasteiger charge is -2.31. The topological polar surface area (TPSA) is 224 Å². The maximum absolute atomic E-state index is 16.0. The fourth-order valence-corrected chi connectivity index (χ4v) is 8.87. The van der Waals surface area contributed by atoms with E-state index in [1.165, 1.54) is 34.3 Å². The Kier molecular flexibility index (Phi) is 7.35. The monoisotopic (exact) mass is 676 g/mol. The number of aliphatic hydroxyl groups excluding tert-OH is 1. The minimum atomic E-state index is -4.27. The highest BCUT2D eigenvalue weighted by molar-refractivity contribution is 8.07. The molecule has 1 saturated carbocycles. The molecule has 3 aliphatic heterocycles. The van der Waals surface area contributed by atoms with Crippen molar-refractivity contribution >= 4 is 71.8 Å². The van der Waals surface area contributed by atoms with Crippen molar-refractivity contribution in [1.82, 2.24) is 29.1 Å². The van der Waals surface area contributed by atoms with Gasteiger partial charge in [0.25, 0.3) is 0 Å². The van der Waals surface area contributed by atoms with Gasteiger partial charge in [-0.3, -0.25) is 13.9 Å². The maximum atomic E-state index is 16.0. The fraction of sp³-hybridized carbons (Fsp3) is 0.524. The van der Waals surface area contributed by atoms with Crippen LogP contribution in [-0.2, 0) is 46.4 Å². The Morgan fingerprint density at radius 1 is 1.02 bits per heavy atom. The van der Waals surface area contributed by atoms with Gasteiger partial charge >= 0.3 is 13.4 Å². The number of Topliss-reactive ketones (excluding diaryl/α,β-unsaturated/α-hetero) is 1. The van der Waals surface area contributed by atoms with Crippen LogP contribution in [0.1, 0.15) is 35.6 Å². The highest BCUT2D eigenvalue weighted by atomic mass is 32.5. The highest BCUT2D eigenvalue weighted by Gasteiger charge is 2.54. The molecule has 230 valence electrons. The van der Waals surface area contributed by atoms with E-state index in [0.717, 1.165) is 0 Å². The van der Waals surface area contributed by atoms with Gasteiger partial charge in [0.05, 0.1) is 31.4 Å². The average molecular weight is 677 g/mol. The van der Waals surface area contributed by atoms with Crippen LogP contribution in [0.5, 0.6) is 0 Å². The molecule has 22 heteroatoms. The molecule has 5 N–H and O–H groups in total. The molecule has 3 fully saturated rings. The van der Waals surface area contributed by atoms with Crippen LogP contribution >= 0.6 is 13.4 Å². The van der Waals surface area contributed by atoms with Gasteiger partial charge < -0.3 is 43.5 Å². The first-order valence-corrected chi connectivity index (χ1v) is 18.0. The van der Waals surface area contributed by atoms with Crippen LogP contribution in [0.3, 0.4) is 0 Å². The van der Waals surface area contributed by atoms with Gasteiger partial charge in [0, 0.05) is 19.1 Å². The van der Waals surface area contributed by atoms with Crippen LogP contribution < -0.4 is 5.73 Å². The Morgan fingerprint density at radius 3 is 2.60 bits per heavy atom. The lowest BCUT2D eigenvalue weighted by atomic mass is 10.1. The van der Waals surface area contributed by atoms with Gasteiger partial charge in [-0.1, -0.05) is 0 Å². The number of ketones is 1. The number of carbonyl (C=O) groups excluding carboxylic acids is 1. The first-order chi connectivity index (χ1) is 20.4. The highest BCUT2D eigenvalue weighted by Crippen LogP contribution is 2.57. The summed E-state index contributed by atoms with van der Waals surface area (Å²) in [5.41, 5.74) is 6.36. The second-order valence-electron chi connectivity index (χ2n) is 10.2. The third kappa shape index (κ3) is 5.18. The number of fused-ring (bicyclic) bond motifs is 5. The van der Waals surface area contributed by atoms with Crippen LogP contribution in [0.15, 0.2) is 24.0 Å². The SMILES string of the molecule is Nc1ncnc2c1ncn2[C@@H]1O[C@@H]2COP(O)(=S)O[C@@H]3[C@H](O)[C@H](C[C@H]3n3cnc4c3N=CCC4=O)OP(O)(=S)O[C@H]2[C@H]1F. The molecule has 2 saturated heterocycles. The van der Waals surface area contributed by atoms with Crippen LogP contribution in [-0.4, -0.2) is 99.3 Å². The molecule has 1 aliphatic carbocycles. The lowest BCUT2D eigenvalue weighted by molar-refractivity contribution is -0.0567. The molecular weight excluding hydrogens is 653 g/mol. The predicted molar refractivity (Wildman–Crippen MR) is 151 cm³/mol. The lowest BCUT2D eigenvalue weighted by Crippen LogP contribution is -2.37. The van der Waals surface area contributed by atoms with Crippen LogP contribution in [0.2, 0.25) is 0 Å². The van der Waals surface area contributed by atoms with Gasteiger partial charge in [0.15, 0.2) is 41.2 Å². The fourth-order valence-electron chi connectivity index (χ4n) is 5.63. The number of aliphatic hydroxyl groups is 1. The van der Waals surface area contributed by atoms with Crippen molar-refractivity contribution in [2.75, 3.05) is 12.3 Å². The second-order valence-corrected chi connectivity index (χ2v) is 15.7. The first kappa shape index (κ1) is 29.5. The normalized spacial score (nSPS) is 39.8. The molecule has 0 spiro atoms. The molecule has 2 bridgehead atoms. The summed E-state index contributed by atoms with van der Waals surface area (Å²) in [5.74, 6) is 0.0350. The summed E-state index contributed by atoms with van der Waals surface area (Å²) in [6.45, 7) is -8.97. The van der Waals surface area contributed by atoms with Crippen molar-refractivity contribution in [3.63, 3.8) is 0 Å². The van der Waals surface area contributed by atoms with Crippen molar-refractivity contribution in [2.24, 2.45) is 4.99 Å². The maximum Gasteiger partial charge on any atom is 0.325 e. The van der Waals surface area contributed by atoms with Gasteiger partial charge in [0.2, 0.25) is 0 Å². The van der Waals surface area contributed by atoms with Gasteiger partial charge in [-0.25, -0.2) is 29.3 Å². The molecule has 43 heavy (non-hydrogen) atoms. The Bertz CT molecular complexity index is 1740. The van der Waals surface area contributed by atoms with Crippen molar-refractivity contribution in [3.8, 4) is 0 Å². The zero-order valence-electron chi connectivity index (χ0n) is 21.6. The number of nitrogen functional groups attached to an aromatic ring is 1. The molecule has 3 aromatic heterocycles. The number of aliphatic imine (C=N–C) groups is 1. The Balaban J connectivity index is 1.20. The van der Waals surface area contributed by atoms with E-state index in [-0.39, 0.29) is 47.1 Å². The quantitative estimate of drug-likeness (QED) is 0.275. The standard InChI is InChI=1S/C21H23FN8O9P2S2/c22-12-17-11(36-21(12)30-7-28-14-18(23)25-5-26-20(14)30)4-35-40(33,42)38-16-8(3-10(15(16)32)37-41(34,43)39-17)29-6-27-13-9(31)1-2-24-19(13)29/h2,5-8,10-12,15-17,21,32H,1,3-4H2,(H,33,42)(H,34,43)(H2,23,25,26)/t8-,10+,11-,12-,15-,16+,17-,21-,40?,41?/m1/s1. The first-order valence-electron chi connectivity index (χ1n) is 12.8. The van der Waals surface area contributed by atoms with Gasteiger partial charge in [0.1, 0.15) is 36.3 Å². The van der Waals surface area contributed by atoms with E-state index < -0.39 is 69.0 Å². The molecule has 7 rings (SSSR count). The van der Waals surface area contributed by atoms with E-state index in [9.17, 15) is 19.7 Å². The number of hydrogen-bond donors (Lipinski definition) is 4. The molecule has 17 nitrogen and oxygen atoms in total. The van der Waals surface area contributed by atoms with E-state index in [1.54, 1.807) is 0 Å². The van der Waals surface area contributed by atoms with Crippen LogP contribution in [0.4, 0.5) is 16.0 Å². The predicted octanol–water partition coefficient (Wildman–Crippen LogP) is 0.754. The number of anilines is 1. The van der Waals surface area contributed by atoms with E-state index in [0.29, 0.717) is 0 Å². The summed E-state index contributed by atoms with van der Waals surface area (Å²) in [4.78, 5) is 54.9. The number of carbonyl (C=O) groups is 1. The summed E-state index contributed by atoms with van der Waals surface area (Å²) in [5, 5.41) is 11.2. The number of halogens is 1. The molecule has 2 unspecified atom stereocenters. The van der Waals surface area contributed by atoms with Crippen molar-refractivity contribution in [3.05, 3.63) is 24.7 Å². The summed E-state index contributed by atoms with van der Waals surface area (Å²) in [7, 11) is 0. The summed E-state index contributed by atoms with van der Waals surface area (Å²) in [6.07, 6.45) is -5.01. The third-order valence-corrected chi connectivity index (χ3v) is 10.7. The zero-order chi connectivity index (χ0) is 30.3. The number of hydrogen-bond acceptors (Lipinski definition) is 15. The largest absolute Gasteiger partial charge is 0.388 e. The van der Waals surface area contributed by atoms with E-state index in [1.807, 2.05) is 0 Å². The molecule has 0 radical (unpaired) electrons. The van der Waals surface area contributed by atoms with Gasteiger partial charge in [-0.15, -0.1) is 0 Å². The zero-order valence-corrected chi connectivity index (χ0v) is 25.1. The van der Waals surface area contributed by atoms with E-state index in [4.69, 9.17) is 52.2 Å². The van der Waals surface area contributed by atoms with E-state index >= 15 is 4.39 Å². The second kappa shape index (κ2) is 10.7. The summed E-state index contributed by atoms with van der Waals surface area (Å²) < 4.78 is 47.4.